The van der Waals surface area contributed by atoms with Gasteiger partial charge < -0.3 is 5.32 Å². The topological polar surface area (TPSA) is 99.8 Å². The maximum absolute atomic E-state index is 12.0. The van der Waals surface area contributed by atoms with Crippen LogP contribution in [-0.4, -0.2) is 30.6 Å². The maximum Gasteiger partial charge on any atom is 0.265 e. The molecule has 3 N–H and O–H groups in total. The number of H-pyrrole nitrogens is 1. The average Bonchev–Trinajstić information content (AvgIpc) is 2.81. The van der Waals surface area contributed by atoms with Gasteiger partial charge in [0.1, 0.15) is 4.90 Å². The summed E-state index contributed by atoms with van der Waals surface area (Å²) in [6.45, 7) is 0. The van der Waals surface area contributed by atoms with Crippen molar-refractivity contribution in [3.05, 3.63) is 30.9 Å². The number of sulfonamides is 1. The number of anilines is 2. The van der Waals surface area contributed by atoms with E-state index in [2.05, 4.69) is 25.2 Å². The zero-order chi connectivity index (χ0) is 12.3. The standard InChI is InChI=1S/C9H11N5O2S/c1-10-8-2-3-11-6-9(8)17(15,16)14-7-4-12-13-5-7/h2-6,14H,1H3,(H,10,11)(H,12,13). The molecule has 0 atom stereocenters. The van der Waals surface area contributed by atoms with Crippen molar-refractivity contribution in [3.8, 4) is 0 Å². The van der Waals surface area contributed by atoms with Crippen LogP contribution < -0.4 is 10.0 Å². The highest BCUT2D eigenvalue weighted by Gasteiger charge is 2.18. The predicted molar refractivity (Wildman–Crippen MR) is 63.2 cm³/mol. The van der Waals surface area contributed by atoms with Crippen LogP contribution in [0.3, 0.4) is 0 Å². The van der Waals surface area contributed by atoms with Gasteiger partial charge in [-0.25, -0.2) is 8.42 Å². The summed E-state index contributed by atoms with van der Waals surface area (Å²) in [5.41, 5.74) is 0.854. The minimum absolute atomic E-state index is 0.0868. The molecule has 0 saturated heterocycles. The summed E-state index contributed by atoms with van der Waals surface area (Å²) in [7, 11) is -2.02. The molecule has 0 aromatic carbocycles. The molecule has 0 radical (unpaired) electrons. The molecule has 0 unspecified atom stereocenters. The summed E-state index contributed by atoms with van der Waals surface area (Å²) in [5, 5.41) is 8.98. The number of hydrogen-bond donors (Lipinski definition) is 3. The second-order valence-corrected chi connectivity index (χ2v) is 4.87. The van der Waals surface area contributed by atoms with Gasteiger partial charge in [-0.1, -0.05) is 0 Å². The molecule has 17 heavy (non-hydrogen) atoms. The van der Waals surface area contributed by atoms with E-state index < -0.39 is 10.0 Å². The van der Waals surface area contributed by atoms with Gasteiger partial charge in [-0.15, -0.1) is 0 Å². The van der Waals surface area contributed by atoms with Crippen LogP contribution in [0.15, 0.2) is 35.7 Å². The van der Waals surface area contributed by atoms with Gasteiger partial charge in [-0.2, -0.15) is 5.10 Å². The molecule has 2 heterocycles. The first-order chi connectivity index (χ1) is 8.13. The lowest BCUT2D eigenvalue weighted by atomic mass is 10.4. The van der Waals surface area contributed by atoms with E-state index in [1.54, 1.807) is 13.1 Å². The summed E-state index contributed by atoms with van der Waals surface area (Å²) >= 11 is 0. The molecule has 2 aromatic heterocycles. The van der Waals surface area contributed by atoms with Crippen LogP contribution in [0.25, 0.3) is 0 Å². The van der Waals surface area contributed by atoms with E-state index in [-0.39, 0.29) is 4.90 Å². The minimum Gasteiger partial charge on any atom is -0.387 e. The first kappa shape index (κ1) is 11.4. The van der Waals surface area contributed by atoms with Crippen molar-refractivity contribution in [2.45, 2.75) is 4.90 Å². The average molecular weight is 253 g/mol. The molecular formula is C9H11N5O2S. The third-order valence-corrected chi connectivity index (χ3v) is 3.50. The molecule has 0 bridgehead atoms. The van der Waals surface area contributed by atoms with E-state index in [0.29, 0.717) is 11.4 Å². The Morgan fingerprint density at radius 2 is 2.18 bits per heavy atom. The van der Waals surface area contributed by atoms with Gasteiger partial charge in [0.2, 0.25) is 0 Å². The Morgan fingerprint density at radius 3 is 2.82 bits per heavy atom. The number of rotatable bonds is 4. The molecule has 0 saturated carbocycles. The fraction of sp³-hybridized carbons (Fsp3) is 0.111. The number of nitrogens with zero attached hydrogens (tertiary/aromatic N) is 2. The number of aromatic amines is 1. The molecule has 0 fully saturated rings. The Kier molecular flexibility index (Phi) is 2.96. The molecule has 2 rings (SSSR count). The summed E-state index contributed by atoms with van der Waals surface area (Å²) in [6.07, 6.45) is 5.64. The van der Waals surface area contributed by atoms with Crippen molar-refractivity contribution in [1.29, 1.82) is 0 Å². The highest BCUT2D eigenvalue weighted by atomic mass is 32.2. The van der Waals surface area contributed by atoms with Crippen molar-refractivity contribution < 1.29 is 8.42 Å². The fourth-order valence-corrected chi connectivity index (χ4v) is 2.51. The molecule has 0 aliphatic heterocycles. The molecule has 0 aliphatic carbocycles. The fourth-order valence-electron chi connectivity index (χ4n) is 1.32. The Bertz CT molecular complexity index is 594. The van der Waals surface area contributed by atoms with Gasteiger partial charge in [0.25, 0.3) is 10.0 Å². The largest absolute Gasteiger partial charge is 0.387 e. The number of aromatic nitrogens is 3. The van der Waals surface area contributed by atoms with Crippen molar-refractivity contribution in [3.63, 3.8) is 0 Å². The Morgan fingerprint density at radius 1 is 1.35 bits per heavy atom. The van der Waals surface area contributed by atoms with E-state index in [9.17, 15) is 8.42 Å². The Hall–Kier alpha value is -2.09. The van der Waals surface area contributed by atoms with Gasteiger partial charge in [0.15, 0.2) is 0 Å². The Labute approximate surface area is 98.3 Å². The van der Waals surface area contributed by atoms with Crippen LogP contribution in [0, 0.1) is 0 Å². The zero-order valence-electron chi connectivity index (χ0n) is 9.01. The van der Waals surface area contributed by atoms with E-state index in [0.717, 1.165) is 0 Å². The molecule has 2 aromatic rings. The molecule has 90 valence electrons. The molecule has 7 nitrogen and oxygen atoms in total. The van der Waals surface area contributed by atoms with Gasteiger partial charge in [0.05, 0.1) is 17.6 Å². The predicted octanol–water partition coefficient (Wildman–Crippen LogP) is 0.647. The van der Waals surface area contributed by atoms with Gasteiger partial charge in [0, 0.05) is 25.6 Å². The molecule has 8 heteroatoms. The van der Waals surface area contributed by atoms with Crippen LogP contribution in [0.4, 0.5) is 11.4 Å². The summed E-state index contributed by atoms with van der Waals surface area (Å²) in [6, 6.07) is 1.59. The van der Waals surface area contributed by atoms with Crippen LogP contribution in [0.5, 0.6) is 0 Å². The smallest absolute Gasteiger partial charge is 0.265 e. The number of pyridine rings is 1. The van der Waals surface area contributed by atoms with Crippen molar-refractivity contribution in [1.82, 2.24) is 15.2 Å². The zero-order valence-corrected chi connectivity index (χ0v) is 9.82. The molecule has 0 aliphatic rings. The normalized spacial score (nSPS) is 11.1. The second kappa shape index (κ2) is 4.42. The molecule has 0 spiro atoms. The van der Waals surface area contributed by atoms with E-state index >= 15 is 0 Å². The van der Waals surface area contributed by atoms with Crippen LogP contribution in [-0.2, 0) is 10.0 Å². The highest BCUT2D eigenvalue weighted by molar-refractivity contribution is 7.92. The van der Waals surface area contributed by atoms with Gasteiger partial charge in [-0.3, -0.25) is 14.8 Å². The van der Waals surface area contributed by atoms with Crippen LogP contribution in [0.2, 0.25) is 0 Å². The van der Waals surface area contributed by atoms with E-state index in [1.807, 2.05) is 0 Å². The minimum atomic E-state index is -3.66. The van der Waals surface area contributed by atoms with E-state index in [1.165, 1.54) is 24.8 Å². The van der Waals surface area contributed by atoms with Crippen molar-refractivity contribution >= 4 is 21.4 Å². The molecular weight excluding hydrogens is 242 g/mol. The van der Waals surface area contributed by atoms with Crippen LogP contribution in [0.1, 0.15) is 0 Å². The lowest BCUT2D eigenvalue weighted by Crippen LogP contribution is -2.14. The monoisotopic (exact) mass is 253 g/mol. The highest BCUT2D eigenvalue weighted by Crippen LogP contribution is 2.21. The lowest BCUT2D eigenvalue weighted by molar-refractivity contribution is 0.601. The summed E-state index contributed by atoms with van der Waals surface area (Å²) in [4.78, 5) is 3.89. The van der Waals surface area contributed by atoms with Crippen molar-refractivity contribution in [2.24, 2.45) is 0 Å². The second-order valence-electron chi connectivity index (χ2n) is 3.21. The maximum atomic E-state index is 12.0. The molecule has 0 amide bonds. The number of nitrogens with one attached hydrogen (secondary N) is 3. The number of hydrogen-bond acceptors (Lipinski definition) is 5. The van der Waals surface area contributed by atoms with E-state index in [4.69, 9.17) is 0 Å². The first-order valence-corrected chi connectivity index (χ1v) is 6.25. The van der Waals surface area contributed by atoms with Crippen LogP contribution >= 0.6 is 0 Å². The quantitative estimate of drug-likeness (QED) is 0.742. The summed E-state index contributed by atoms with van der Waals surface area (Å²) < 4.78 is 26.5. The van der Waals surface area contributed by atoms with Crippen molar-refractivity contribution in [2.75, 3.05) is 17.1 Å². The first-order valence-electron chi connectivity index (χ1n) is 4.77. The third-order valence-electron chi connectivity index (χ3n) is 2.09. The SMILES string of the molecule is CNc1ccncc1S(=O)(=O)Nc1cn[nH]c1. The van der Waals surface area contributed by atoms with Gasteiger partial charge >= 0.3 is 0 Å². The third kappa shape index (κ3) is 2.36. The summed E-state index contributed by atoms with van der Waals surface area (Å²) in [5.74, 6) is 0. The lowest BCUT2D eigenvalue weighted by Gasteiger charge is -2.09. The Balaban J connectivity index is 2.38. The van der Waals surface area contributed by atoms with Gasteiger partial charge in [-0.05, 0) is 6.07 Å².